The van der Waals surface area contributed by atoms with E-state index >= 15 is 0 Å². The predicted octanol–water partition coefficient (Wildman–Crippen LogP) is 2.13. The van der Waals surface area contributed by atoms with E-state index < -0.39 is 11.6 Å². The average Bonchev–Trinajstić information content (AvgIpc) is 3.16. The zero-order valence-electron chi connectivity index (χ0n) is 14.4. The van der Waals surface area contributed by atoms with E-state index in [2.05, 4.69) is 15.5 Å². The standard InChI is InChI=1S/C17H20N4O4/c1-4-24-11(2)14-18-13(25-20-14)10-21-15(22)17(3,19-16(21)23)12-8-6-5-7-9-12/h5-9,11H,4,10H2,1-3H3,(H,19,23). The molecule has 132 valence electrons. The smallest absolute Gasteiger partial charge is 0.325 e. The second kappa shape index (κ2) is 6.64. The predicted molar refractivity (Wildman–Crippen MR) is 87.2 cm³/mol. The fourth-order valence-corrected chi connectivity index (χ4v) is 2.76. The number of imide groups is 1. The summed E-state index contributed by atoms with van der Waals surface area (Å²) < 4.78 is 10.5. The first kappa shape index (κ1) is 17.1. The molecule has 1 aromatic carbocycles. The molecule has 0 aliphatic carbocycles. The maximum Gasteiger partial charge on any atom is 0.325 e. The van der Waals surface area contributed by atoms with Crippen molar-refractivity contribution in [3.63, 3.8) is 0 Å². The van der Waals surface area contributed by atoms with Crippen LogP contribution in [0.4, 0.5) is 4.79 Å². The third-order valence-corrected chi connectivity index (χ3v) is 4.18. The molecule has 0 radical (unpaired) electrons. The minimum absolute atomic E-state index is 0.0844. The number of nitrogens with zero attached hydrogens (tertiary/aromatic N) is 3. The lowest BCUT2D eigenvalue weighted by atomic mass is 9.92. The number of aromatic nitrogens is 2. The van der Waals surface area contributed by atoms with Crippen molar-refractivity contribution >= 4 is 11.9 Å². The summed E-state index contributed by atoms with van der Waals surface area (Å²) in [7, 11) is 0. The Balaban J connectivity index is 1.78. The Hall–Kier alpha value is -2.74. The molecule has 0 saturated carbocycles. The largest absolute Gasteiger partial charge is 0.371 e. The van der Waals surface area contributed by atoms with Crippen LogP contribution in [0.3, 0.4) is 0 Å². The molecule has 1 aliphatic heterocycles. The number of ether oxygens (including phenoxy) is 1. The number of nitrogens with one attached hydrogen (secondary N) is 1. The maximum absolute atomic E-state index is 12.8. The Morgan fingerprint density at radius 2 is 2.04 bits per heavy atom. The summed E-state index contributed by atoms with van der Waals surface area (Å²) >= 11 is 0. The number of hydrogen-bond donors (Lipinski definition) is 1. The van der Waals surface area contributed by atoms with Crippen LogP contribution in [0.2, 0.25) is 0 Å². The number of carbonyl (C=O) groups is 2. The fraction of sp³-hybridized carbons (Fsp3) is 0.412. The Bertz CT molecular complexity index is 776. The molecule has 25 heavy (non-hydrogen) atoms. The third kappa shape index (κ3) is 3.12. The van der Waals surface area contributed by atoms with Gasteiger partial charge in [-0.3, -0.25) is 9.69 Å². The summed E-state index contributed by atoms with van der Waals surface area (Å²) in [6.45, 7) is 5.79. The van der Waals surface area contributed by atoms with Crippen molar-refractivity contribution in [3.8, 4) is 0 Å². The van der Waals surface area contributed by atoms with Crippen LogP contribution in [0.5, 0.6) is 0 Å². The van der Waals surface area contributed by atoms with Crippen LogP contribution in [0.25, 0.3) is 0 Å². The molecule has 8 heteroatoms. The zero-order chi connectivity index (χ0) is 18.0. The molecular formula is C17H20N4O4. The highest BCUT2D eigenvalue weighted by Gasteiger charge is 2.49. The van der Waals surface area contributed by atoms with Crippen LogP contribution in [0, 0.1) is 0 Å². The molecule has 2 aromatic rings. The summed E-state index contributed by atoms with van der Waals surface area (Å²) in [5.74, 6) is 0.207. The van der Waals surface area contributed by atoms with Crippen LogP contribution in [-0.2, 0) is 21.6 Å². The van der Waals surface area contributed by atoms with Gasteiger partial charge in [0, 0.05) is 6.61 Å². The fourth-order valence-electron chi connectivity index (χ4n) is 2.76. The quantitative estimate of drug-likeness (QED) is 0.806. The Labute approximate surface area is 145 Å². The number of urea groups is 1. The van der Waals surface area contributed by atoms with E-state index in [1.54, 1.807) is 26.0 Å². The second-order valence-corrected chi connectivity index (χ2v) is 5.96. The summed E-state index contributed by atoms with van der Waals surface area (Å²) in [6.07, 6.45) is -0.319. The molecule has 3 rings (SSSR count). The lowest BCUT2D eigenvalue weighted by Crippen LogP contribution is -2.40. The molecule has 1 saturated heterocycles. The molecule has 0 bridgehead atoms. The van der Waals surface area contributed by atoms with Crippen LogP contribution in [0.15, 0.2) is 34.9 Å². The summed E-state index contributed by atoms with van der Waals surface area (Å²) in [5.41, 5.74) is -0.396. The first-order valence-corrected chi connectivity index (χ1v) is 8.09. The zero-order valence-corrected chi connectivity index (χ0v) is 14.4. The normalized spacial score (nSPS) is 21.5. The van der Waals surface area contributed by atoms with Gasteiger partial charge in [-0.1, -0.05) is 35.5 Å². The van der Waals surface area contributed by atoms with Crippen molar-refractivity contribution < 1.29 is 18.8 Å². The van der Waals surface area contributed by atoms with Crippen molar-refractivity contribution in [2.75, 3.05) is 6.61 Å². The van der Waals surface area contributed by atoms with Gasteiger partial charge < -0.3 is 14.6 Å². The van der Waals surface area contributed by atoms with Crippen molar-refractivity contribution in [1.29, 1.82) is 0 Å². The molecule has 1 fully saturated rings. The number of rotatable bonds is 6. The number of hydrogen-bond acceptors (Lipinski definition) is 6. The van der Waals surface area contributed by atoms with Gasteiger partial charge in [0.15, 0.2) is 5.82 Å². The first-order chi connectivity index (χ1) is 12.0. The van der Waals surface area contributed by atoms with Crippen molar-refractivity contribution in [3.05, 3.63) is 47.6 Å². The SMILES string of the molecule is CCOC(C)c1noc(CN2C(=O)NC(C)(c3ccccc3)C2=O)n1. The van der Waals surface area contributed by atoms with Crippen LogP contribution in [0.1, 0.15) is 44.2 Å². The van der Waals surface area contributed by atoms with Crippen molar-refractivity contribution in [2.45, 2.75) is 39.0 Å². The topological polar surface area (TPSA) is 97.6 Å². The molecular weight excluding hydrogens is 324 g/mol. The molecule has 1 aromatic heterocycles. The molecule has 2 heterocycles. The second-order valence-electron chi connectivity index (χ2n) is 5.96. The van der Waals surface area contributed by atoms with Gasteiger partial charge in [-0.05, 0) is 26.3 Å². The van der Waals surface area contributed by atoms with Gasteiger partial charge in [-0.2, -0.15) is 4.98 Å². The van der Waals surface area contributed by atoms with Gasteiger partial charge >= 0.3 is 6.03 Å². The average molecular weight is 344 g/mol. The summed E-state index contributed by atoms with van der Waals surface area (Å²) in [6, 6.07) is 8.61. The van der Waals surface area contributed by atoms with E-state index in [0.717, 1.165) is 4.90 Å². The summed E-state index contributed by atoms with van der Waals surface area (Å²) in [5, 5.41) is 6.58. The van der Waals surface area contributed by atoms with E-state index in [4.69, 9.17) is 9.26 Å². The van der Waals surface area contributed by atoms with Gasteiger partial charge in [0.2, 0.25) is 5.89 Å². The molecule has 3 amide bonds. The molecule has 0 spiro atoms. The molecule has 1 aliphatic rings. The van der Waals surface area contributed by atoms with Gasteiger partial charge in [0.1, 0.15) is 18.2 Å². The Morgan fingerprint density at radius 1 is 1.32 bits per heavy atom. The highest BCUT2D eigenvalue weighted by molar-refractivity contribution is 6.07. The number of benzene rings is 1. The van der Waals surface area contributed by atoms with Crippen LogP contribution < -0.4 is 5.32 Å². The van der Waals surface area contributed by atoms with E-state index in [9.17, 15) is 9.59 Å². The highest BCUT2D eigenvalue weighted by atomic mass is 16.5. The Kier molecular flexibility index (Phi) is 4.54. The van der Waals surface area contributed by atoms with Gasteiger partial charge in [0.25, 0.3) is 5.91 Å². The molecule has 2 unspecified atom stereocenters. The first-order valence-electron chi connectivity index (χ1n) is 8.09. The minimum atomic E-state index is -1.11. The van der Waals surface area contributed by atoms with Gasteiger partial charge in [0.05, 0.1) is 0 Å². The van der Waals surface area contributed by atoms with Gasteiger partial charge in [-0.25, -0.2) is 4.79 Å². The maximum atomic E-state index is 12.8. The third-order valence-electron chi connectivity index (χ3n) is 4.18. The van der Waals surface area contributed by atoms with Crippen molar-refractivity contribution in [2.24, 2.45) is 0 Å². The van der Waals surface area contributed by atoms with E-state index in [1.807, 2.05) is 25.1 Å². The molecule has 2 atom stereocenters. The van der Waals surface area contributed by atoms with E-state index in [1.165, 1.54) is 0 Å². The van der Waals surface area contributed by atoms with E-state index in [-0.39, 0.29) is 24.4 Å². The summed E-state index contributed by atoms with van der Waals surface area (Å²) in [4.78, 5) is 30.4. The Morgan fingerprint density at radius 3 is 2.72 bits per heavy atom. The highest BCUT2D eigenvalue weighted by Crippen LogP contribution is 2.29. The lowest BCUT2D eigenvalue weighted by Gasteiger charge is -2.21. The molecule has 8 nitrogen and oxygen atoms in total. The van der Waals surface area contributed by atoms with E-state index in [0.29, 0.717) is 18.0 Å². The monoisotopic (exact) mass is 344 g/mol. The van der Waals surface area contributed by atoms with Crippen LogP contribution in [-0.4, -0.2) is 33.6 Å². The van der Waals surface area contributed by atoms with Crippen LogP contribution >= 0.6 is 0 Å². The number of amides is 3. The molecule has 1 N–H and O–H groups in total. The minimum Gasteiger partial charge on any atom is -0.371 e. The van der Waals surface area contributed by atoms with Crippen molar-refractivity contribution in [1.82, 2.24) is 20.4 Å². The number of carbonyl (C=O) groups excluding carboxylic acids is 2. The van der Waals surface area contributed by atoms with Gasteiger partial charge in [-0.15, -0.1) is 0 Å². The lowest BCUT2D eigenvalue weighted by molar-refractivity contribution is -0.131.